The van der Waals surface area contributed by atoms with Crippen LogP contribution < -0.4 is 16.4 Å². The number of hydrogen-bond donors (Lipinski definition) is 3. The Labute approximate surface area is 84.1 Å². The van der Waals surface area contributed by atoms with E-state index in [0.717, 1.165) is 25.3 Å². The Morgan fingerprint density at radius 1 is 1.43 bits per heavy atom. The average molecular weight is 192 g/mol. The highest BCUT2D eigenvalue weighted by Gasteiger charge is 2.14. The van der Waals surface area contributed by atoms with Gasteiger partial charge < -0.3 is 21.3 Å². The topological polar surface area (TPSA) is 53.3 Å². The van der Waals surface area contributed by atoms with Gasteiger partial charge >= 0.3 is 0 Å². The molecule has 2 aliphatic rings. The molecule has 2 rings (SSSR count). The van der Waals surface area contributed by atoms with Crippen LogP contribution in [0.15, 0.2) is 36.4 Å². The highest BCUT2D eigenvalue weighted by atomic mass is 15.3. The Balaban J connectivity index is 2.03. The Kier molecular flexibility index (Phi) is 2.62. The molecule has 0 amide bonds. The van der Waals surface area contributed by atoms with E-state index in [0.29, 0.717) is 6.04 Å². The Bertz CT molecular complexity index is 280. The molecule has 2 heterocycles. The fourth-order valence-corrected chi connectivity index (χ4v) is 1.65. The molecule has 2 aliphatic heterocycles. The van der Waals surface area contributed by atoms with Gasteiger partial charge in [-0.2, -0.15) is 0 Å². The number of nitrogens with one attached hydrogen (secondary N) is 2. The van der Waals surface area contributed by atoms with E-state index in [1.807, 2.05) is 18.5 Å². The standard InChI is InChI=1S/C10H16N4/c11-9-1-2-10(3-4-12-7-9)14-6-5-13-8-14/h1-2,5-7,10,12-13H,3-4,8,11H2. The molecule has 14 heavy (non-hydrogen) atoms. The summed E-state index contributed by atoms with van der Waals surface area (Å²) in [6, 6.07) is 0.431. The molecule has 4 N–H and O–H groups in total. The maximum atomic E-state index is 5.72. The van der Waals surface area contributed by atoms with Gasteiger partial charge in [0.05, 0.1) is 12.7 Å². The van der Waals surface area contributed by atoms with E-state index in [4.69, 9.17) is 5.73 Å². The van der Waals surface area contributed by atoms with Crippen LogP contribution in [-0.2, 0) is 0 Å². The minimum absolute atomic E-state index is 0.431. The molecule has 0 fully saturated rings. The first-order chi connectivity index (χ1) is 6.86. The lowest BCUT2D eigenvalue weighted by molar-refractivity contribution is 0.317. The van der Waals surface area contributed by atoms with Crippen LogP contribution in [-0.4, -0.2) is 24.2 Å². The second-order valence-electron chi connectivity index (χ2n) is 3.51. The highest BCUT2D eigenvalue weighted by Crippen LogP contribution is 2.10. The number of hydrogen-bond acceptors (Lipinski definition) is 4. The van der Waals surface area contributed by atoms with Crippen LogP contribution in [0.3, 0.4) is 0 Å². The lowest BCUT2D eigenvalue weighted by Crippen LogP contribution is -2.33. The first-order valence-corrected chi connectivity index (χ1v) is 4.89. The van der Waals surface area contributed by atoms with Crippen molar-refractivity contribution in [2.24, 2.45) is 5.73 Å². The molecule has 0 spiro atoms. The fraction of sp³-hybridized carbons (Fsp3) is 0.400. The predicted octanol–water partition coefficient (Wildman–Crippen LogP) is 0.0385. The van der Waals surface area contributed by atoms with Gasteiger partial charge in [-0.05, 0) is 12.5 Å². The summed E-state index contributed by atoms with van der Waals surface area (Å²) in [5.41, 5.74) is 6.51. The summed E-state index contributed by atoms with van der Waals surface area (Å²) in [4.78, 5) is 2.26. The molecule has 0 aromatic carbocycles. The van der Waals surface area contributed by atoms with Gasteiger partial charge in [-0.25, -0.2) is 0 Å². The third-order valence-electron chi connectivity index (χ3n) is 2.45. The van der Waals surface area contributed by atoms with E-state index < -0.39 is 0 Å². The van der Waals surface area contributed by atoms with E-state index in [9.17, 15) is 0 Å². The second-order valence-corrected chi connectivity index (χ2v) is 3.51. The molecule has 0 bridgehead atoms. The quantitative estimate of drug-likeness (QED) is 0.549. The molecule has 0 radical (unpaired) electrons. The fourth-order valence-electron chi connectivity index (χ4n) is 1.65. The number of rotatable bonds is 1. The summed E-state index contributed by atoms with van der Waals surface area (Å²) in [6.45, 7) is 1.85. The first kappa shape index (κ1) is 8.99. The number of allylic oxidation sites excluding steroid dienone is 1. The van der Waals surface area contributed by atoms with Gasteiger partial charge in [-0.1, -0.05) is 6.08 Å². The van der Waals surface area contributed by atoms with Crippen molar-refractivity contribution in [3.8, 4) is 0 Å². The zero-order valence-electron chi connectivity index (χ0n) is 8.11. The van der Waals surface area contributed by atoms with Crippen molar-refractivity contribution in [2.75, 3.05) is 13.2 Å². The molecule has 0 aromatic heterocycles. The maximum Gasteiger partial charge on any atom is 0.0873 e. The molecule has 4 heteroatoms. The van der Waals surface area contributed by atoms with Crippen LogP contribution >= 0.6 is 0 Å². The summed E-state index contributed by atoms with van der Waals surface area (Å²) >= 11 is 0. The Morgan fingerprint density at radius 2 is 2.36 bits per heavy atom. The molecule has 76 valence electrons. The number of nitrogens with two attached hydrogens (primary N) is 1. The van der Waals surface area contributed by atoms with Crippen molar-refractivity contribution < 1.29 is 0 Å². The van der Waals surface area contributed by atoms with E-state index in [1.165, 1.54) is 0 Å². The van der Waals surface area contributed by atoms with Gasteiger partial charge in [0.1, 0.15) is 0 Å². The van der Waals surface area contributed by atoms with Gasteiger partial charge in [0.25, 0.3) is 0 Å². The molecular weight excluding hydrogens is 176 g/mol. The van der Waals surface area contributed by atoms with Gasteiger partial charge in [-0.3, -0.25) is 0 Å². The summed E-state index contributed by atoms with van der Waals surface area (Å²) in [6.07, 6.45) is 11.1. The van der Waals surface area contributed by atoms with Gasteiger partial charge in [0, 0.05) is 30.8 Å². The predicted molar refractivity (Wildman–Crippen MR) is 56.8 cm³/mol. The summed E-state index contributed by atoms with van der Waals surface area (Å²) < 4.78 is 0. The van der Waals surface area contributed by atoms with E-state index in [1.54, 1.807) is 0 Å². The van der Waals surface area contributed by atoms with Crippen LogP contribution in [0.4, 0.5) is 0 Å². The van der Waals surface area contributed by atoms with Crippen molar-refractivity contribution in [3.63, 3.8) is 0 Å². The molecule has 0 aromatic rings. The van der Waals surface area contributed by atoms with Crippen LogP contribution in [0.2, 0.25) is 0 Å². The van der Waals surface area contributed by atoms with Gasteiger partial charge in [0.15, 0.2) is 0 Å². The molecule has 1 atom stereocenters. The van der Waals surface area contributed by atoms with Crippen LogP contribution in [0, 0.1) is 0 Å². The number of nitrogens with zero attached hydrogens (tertiary/aromatic N) is 1. The van der Waals surface area contributed by atoms with E-state index in [2.05, 4.69) is 27.8 Å². The second kappa shape index (κ2) is 4.09. The van der Waals surface area contributed by atoms with Crippen LogP contribution in [0.1, 0.15) is 6.42 Å². The third kappa shape index (κ3) is 2.02. The maximum absolute atomic E-state index is 5.72. The Morgan fingerprint density at radius 3 is 3.14 bits per heavy atom. The molecule has 1 unspecified atom stereocenters. The third-order valence-corrected chi connectivity index (χ3v) is 2.45. The van der Waals surface area contributed by atoms with E-state index >= 15 is 0 Å². The highest BCUT2D eigenvalue weighted by molar-refractivity contribution is 5.18. The molecule has 0 aliphatic carbocycles. The van der Waals surface area contributed by atoms with Crippen molar-refractivity contribution >= 4 is 0 Å². The van der Waals surface area contributed by atoms with Crippen molar-refractivity contribution in [2.45, 2.75) is 12.5 Å². The minimum Gasteiger partial charge on any atom is -0.398 e. The molecular formula is C10H16N4. The smallest absolute Gasteiger partial charge is 0.0873 e. The lowest BCUT2D eigenvalue weighted by atomic mass is 10.1. The van der Waals surface area contributed by atoms with Crippen LogP contribution in [0.25, 0.3) is 0 Å². The summed E-state index contributed by atoms with van der Waals surface area (Å²) in [5, 5.41) is 6.34. The Hall–Kier alpha value is -1.58. The molecule has 4 nitrogen and oxygen atoms in total. The van der Waals surface area contributed by atoms with Gasteiger partial charge in [-0.15, -0.1) is 0 Å². The molecule has 0 saturated carbocycles. The van der Waals surface area contributed by atoms with Crippen molar-refractivity contribution in [1.29, 1.82) is 0 Å². The minimum atomic E-state index is 0.431. The molecule has 0 saturated heterocycles. The van der Waals surface area contributed by atoms with Gasteiger partial charge in [0.2, 0.25) is 0 Å². The zero-order valence-corrected chi connectivity index (χ0v) is 8.11. The largest absolute Gasteiger partial charge is 0.398 e. The zero-order chi connectivity index (χ0) is 9.80. The van der Waals surface area contributed by atoms with Crippen molar-refractivity contribution in [3.05, 3.63) is 36.4 Å². The SMILES string of the molecule is NC1=CNCCC(N2C=CNC2)C=C1. The average Bonchev–Trinajstić information content (AvgIpc) is 2.65. The van der Waals surface area contributed by atoms with E-state index in [-0.39, 0.29) is 0 Å². The van der Waals surface area contributed by atoms with Crippen LogP contribution in [0.5, 0.6) is 0 Å². The summed E-state index contributed by atoms with van der Waals surface area (Å²) in [5.74, 6) is 0. The monoisotopic (exact) mass is 192 g/mol. The summed E-state index contributed by atoms with van der Waals surface area (Å²) in [7, 11) is 0. The normalized spacial score (nSPS) is 26.1. The van der Waals surface area contributed by atoms with Crippen molar-refractivity contribution in [1.82, 2.24) is 15.5 Å². The first-order valence-electron chi connectivity index (χ1n) is 4.89. The lowest BCUT2D eigenvalue weighted by Gasteiger charge is -2.25.